The molecule has 0 atom stereocenters. The van der Waals surface area contributed by atoms with Crippen molar-refractivity contribution in [1.29, 1.82) is 0 Å². The van der Waals surface area contributed by atoms with Crippen LogP contribution in [-0.2, 0) is 0 Å². The van der Waals surface area contributed by atoms with Gasteiger partial charge in [-0.1, -0.05) is 115 Å². The van der Waals surface area contributed by atoms with Crippen molar-refractivity contribution >= 4 is 44.1 Å². The molecule has 0 N–H and O–H groups in total. The lowest BCUT2D eigenvalue weighted by atomic mass is 9.91. The number of fused-ring (bicyclic) bond motifs is 8. The van der Waals surface area contributed by atoms with E-state index in [0.717, 1.165) is 32.4 Å². The Morgan fingerprint density at radius 2 is 0.974 bits per heavy atom. The zero-order valence-electron chi connectivity index (χ0n) is 20.5. The summed E-state index contributed by atoms with van der Waals surface area (Å²) >= 11 is 1.77. The van der Waals surface area contributed by atoms with Crippen molar-refractivity contribution in [3.05, 3.63) is 133 Å². The predicted octanol–water partition coefficient (Wildman–Crippen LogP) is 10.7. The van der Waals surface area contributed by atoms with Crippen LogP contribution in [0.3, 0.4) is 0 Å². The van der Waals surface area contributed by atoms with Gasteiger partial charge >= 0.3 is 0 Å². The van der Waals surface area contributed by atoms with Crippen molar-refractivity contribution in [2.45, 2.75) is 9.79 Å². The Kier molecular flexibility index (Phi) is 4.83. The molecule has 2 heteroatoms. The Bertz CT molecular complexity index is 2000. The smallest absolute Gasteiger partial charge is 0.149 e. The largest absolute Gasteiger partial charge is 0.454 e. The highest BCUT2D eigenvalue weighted by atomic mass is 32.2. The fourth-order valence-electron chi connectivity index (χ4n) is 5.73. The molecule has 0 radical (unpaired) electrons. The van der Waals surface area contributed by atoms with Gasteiger partial charge in [-0.3, -0.25) is 0 Å². The Morgan fingerprint density at radius 1 is 0.395 bits per heavy atom. The van der Waals surface area contributed by atoms with Gasteiger partial charge in [0.05, 0.1) is 9.79 Å². The summed E-state index contributed by atoms with van der Waals surface area (Å²) in [5, 5.41) is 7.77. The maximum Gasteiger partial charge on any atom is 0.149 e. The predicted molar refractivity (Wildman–Crippen MR) is 160 cm³/mol. The standard InChI is InChI=1S/C36H22OS/c1-2-13-29-27(11-1)28-12-3-4-14-30(28)32-22-24(19-20-31(29)32)23-9-7-10-25(21-23)26-15-8-18-35-36(26)37-33-16-5-6-17-34(33)38-35/h1-22H. The average Bonchev–Trinajstić information content (AvgIpc) is 2.99. The van der Waals surface area contributed by atoms with Gasteiger partial charge in [0.25, 0.3) is 0 Å². The summed E-state index contributed by atoms with van der Waals surface area (Å²) in [6, 6.07) is 47.9. The molecule has 0 amide bonds. The highest BCUT2D eigenvalue weighted by Gasteiger charge is 2.21. The zero-order valence-corrected chi connectivity index (χ0v) is 21.3. The maximum absolute atomic E-state index is 6.43. The third kappa shape index (κ3) is 3.34. The first-order valence-electron chi connectivity index (χ1n) is 12.9. The third-order valence-electron chi connectivity index (χ3n) is 7.51. The first-order valence-corrected chi connectivity index (χ1v) is 13.7. The molecule has 0 aromatic heterocycles. The Balaban J connectivity index is 1.28. The third-order valence-corrected chi connectivity index (χ3v) is 8.61. The summed E-state index contributed by atoms with van der Waals surface area (Å²) in [5.74, 6) is 1.85. The van der Waals surface area contributed by atoms with Gasteiger partial charge in [0.2, 0.25) is 0 Å². The number of hydrogen-bond donors (Lipinski definition) is 0. The lowest BCUT2D eigenvalue weighted by Gasteiger charge is -2.22. The van der Waals surface area contributed by atoms with Gasteiger partial charge in [0, 0.05) is 5.56 Å². The van der Waals surface area contributed by atoms with E-state index in [1.165, 1.54) is 43.4 Å². The van der Waals surface area contributed by atoms with Crippen molar-refractivity contribution in [1.82, 2.24) is 0 Å². The quantitative estimate of drug-likeness (QED) is 0.217. The molecule has 178 valence electrons. The maximum atomic E-state index is 6.43. The van der Waals surface area contributed by atoms with Crippen LogP contribution in [0.25, 0.3) is 54.6 Å². The second kappa shape index (κ2) is 8.51. The van der Waals surface area contributed by atoms with Crippen LogP contribution in [-0.4, -0.2) is 0 Å². The lowest BCUT2D eigenvalue weighted by Crippen LogP contribution is -1.97. The first-order chi connectivity index (χ1) is 18.8. The second-order valence-electron chi connectivity index (χ2n) is 9.72. The zero-order chi connectivity index (χ0) is 25.1. The summed E-state index contributed by atoms with van der Waals surface area (Å²) in [7, 11) is 0. The fraction of sp³-hybridized carbons (Fsp3) is 0. The van der Waals surface area contributed by atoms with Crippen LogP contribution in [0.5, 0.6) is 11.5 Å². The van der Waals surface area contributed by atoms with Crippen LogP contribution >= 0.6 is 11.8 Å². The van der Waals surface area contributed by atoms with Gasteiger partial charge in [-0.05, 0) is 79.3 Å². The van der Waals surface area contributed by atoms with E-state index < -0.39 is 0 Å². The molecule has 0 saturated carbocycles. The highest BCUT2D eigenvalue weighted by Crippen LogP contribution is 2.50. The molecule has 38 heavy (non-hydrogen) atoms. The number of hydrogen-bond acceptors (Lipinski definition) is 2. The van der Waals surface area contributed by atoms with Crippen LogP contribution in [0.4, 0.5) is 0 Å². The molecule has 0 saturated heterocycles. The Morgan fingerprint density at radius 3 is 1.76 bits per heavy atom. The summed E-state index contributed by atoms with van der Waals surface area (Å²) in [6.45, 7) is 0. The van der Waals surface area contributed by atoms with Crippen molar-refractivity contribution in [2.24, 2.45) is 0 Å². The molecule has 1 aliphatic heterocycles. The molecular formula is C36H22OS. The van der Waals surface area contributed by atoms with Crippen LogP contribution in [0.15, 0.2) is 143 Å². The number of ether oxygens (including phenoxy) is 1. The number of rotatable bonds is 2. The molecular weight excluding hydrogens is 480 g/mol. The van der Waals surface area contributed by atoms with E-state index in [1.54, 1.807) is 11.8 Å². The van der Waals surface area contributed by atoms with E-state index in [4.69, 9.17) is 4.74 Å². The van der Waals surface area contributed by atoms with Gasteiger partial charge in [-0.25, -0.2) is 0 Å². The molecule has 1 aliphatic rings. The van der Waals surface area contributed by atoms with Crippen molar-refractivity contribution in [3.63, 3.8) is 0 Å². The molecule has 0 unspecified atom stereocenters. The summed E-state index contributed by atoms with van der Waals surface area (Å²) in [5.41, 5.74) is 4.68. The van der Waals surface area contributed by atoms with Crippen LogP contribution in [0.1, 0.15) is 0 Å². The van der Waals surface area contributed by atoms with E-state index in [0.29, 0.717) is 0 Å². The topological polar surface area (TPSA) is 9.23 Å². The van der Waals surface area contributed by atoms with E-state index in [1.807, 2.05) is 12.1 Å². The van der Waals surface area contributed by atoms with Gasteiger partial charge in [-0.2, -0.15) is 0 Å². The summed E-state index contributed by atoms with van der Waals surface area (Å²) in [4.78, 5) is 2.30. The lowest BCUT2D eigenvalue weighted by molar-refractivity contribution is 0.456. The minimum atomic E-state index is 0.919. The summed E-state index contributed by atoms with van der Waals surface area (Å²) < 4.78 is 6.43. The molecule has 1 nitrogen and oxygen atoms in total. The monoisotopic (exact) mass is 502 g/mol. The van der Waals surface area contributed by atoms with Crippen molar-refractivity contribution < 1.29 is 4.74 Å². The first kappa shape index (κ1) is 21.5. The summed E-state index contributed by atoms with van der Waals surface area (Å²) in [6.07, 6.45) is 0. The molecule has 8 rings (SSSR count). The Labute approximate surface area is 225 Å². The molecule has 1 heterocycles. The van der Waals surface area contributed by atoms with Gasteiger partial charge < -0.3 is 4.74 Å². The molecule has 0 aliphatic carbocycles. The van der Waals surface area contributed by atoms with Crippen molar-refractivity contribution in [2.75, 3.05) is 0 Å². The van der Waals surface area contributed by atoms with E-state index in [2.05, 4.69) is 121 Å². The minimum absolute atomic E-state index is 0.919. The van der Waals surface area contributed by atoms with Crippen LogP contribution < -0.4 is 4.74 Å². The van der Waals surface area contributed by atoms with Crippen LogP contribution in [0.2, 0.25) is 0 Å². The minimum Gasteiger partial charge on any atom is -0.454 e. The van der Waals surface area contributed by atoms with Gasteiger partial charge in [0.1, 0.15) is 11.5 Å². The molecule has 7 aromatic carbocycles. The second-order valence-corrected chi connectivity index (χ2v) is 10.8. The fourth-order valence-corrected chi connectivity index (χ4v) is 6.71. The number of para-hydroxylation sites is 2. The van der Waals surface area contributed by atoms with E-state index >= 15 is 0 Å². The van der Waals surface area contributed by atoms with Crippen LogP contribution in [0, 0.1) is 0 Å². The van der Waals surface area contributed by atoms with E-state index in [-0.39, 0.29) is 0 Å². The molecule has 0 spiro atoms. The molecule has 7 aromatic rings. The van der Waals surface area contributed by atoms with Crippen molar-refractivity contribution in [3.8, 4) is 33.8 Å². The van der Waals surface area contributed by atoms with Gasteiger partial charge in [0.15, 0.2) is 0 Å². The molecule has 0 bridgehead atoms. The highest BCUT2D eigenvalue weighted by molar-refractivity contribution is 7.99. The van der Waals surface area contributed by atoms with E-state index in [9.17, 15) is 0 Å². The SMILES string of the molecule is c1cc(-c2ccc3c4ccccc4c4ccccc4c3c2)cc(-c2cccc3c2Oc2ccccc2S3)c1. The average molecular weight is 503 g/mol. The number of benzene rings is 7. The normalized spacial score (nSPS) is 12.3. The molecule has 0 fully saturated rings. The van der Waals surface area contributed by atoms with Gasteiger partial charge in [-0.15, -0.1) is 0 Å². The Hall–Kier alpha value is -4.53.